The van der Waals surface area contributed by atoms with Gasteiger partial charge in [-0.05, 0) is 35.7 Å². The van der Waals surface area contributed by atoms with Crippen molar-refractivity contribution in [2.75, 3.05) is 5.32 Å². The van der Waals surface area contributed by atoms with Crippen LogP contribution in [0.15, 0.2) is 72.4 Å². The number of rotatable bonds is 4. The Kier molecular flexibility index (Phi) is 4.10. The Balaban J connectivity index is 1.58. The van der Waals surface area contributed by atoms with Gasteiger partial charge in [0.15, 0.2) is 0 Å². The van der Waals surface area contributed by atoms with Crippen molar-refractivity contribution in [2.24, 2.45) is 0 Å². The van der Waals surface area contributed by atoms with Gasteiger partial charge in [-0.15, -0.1) is 11.3 Å². The Hall–Kier alpha value is -3.25. The highest BCUT2D eigenvalue weighted by Gasteiger charge is 2.10. The average molecular weight is 347 g/mol. The summed E-state index contributed by atoms with van der Waals surface area (Å²) in [5, 5.41) is 6.02. The summed E-state index contributed by atoms with van der Waals surface area (Å²) in [4.78, 5) is 21.2. The quantitative estimate of drug-likeness (QED) is 0.430. The molecule has 0 aliphatic rings. The molecule has 0 fully saturated rings. The van der Waals surface area contributed by atoms with E-state index in [2.05, 4.69) is 15.3 Å². The monoisotopic (exact) mass is 347 g/mol. The maximum Gasteiger partial charge on any atom is 0.353 e. The molecule has 0 saturated carbocycles. The third kappa shape index (κ3) is 3.34. The van der Waals surface area contributed by atoms with E-state index in [1.54, 1.807) is 18.2 Å². The molecule has 0 unspecified atom stereocenters. The lowest BCUT2D eigenvalue weighted by Crippen LogP contribution is -2.06. The highest BCUT2D eigenvalue weighted by atomic mass is 32.1. The molecule has 5 nitrogen and oxygen atoms in total. The lowest BCUT2D eigenvalue weighted by molar-refractivity contribution is 0.0740. The van der Waals surface area contributed by atoms with Crippen molar-refractivity contribution in [1.29, 1.82) is 0 Å². The van der Waals surface area contributed by atoms with Gasteiger partial charge in [-0.1, -0.05) is 24.3 Å². The van der Waals surface area contributed by atoms with Crippen LogP contribution in [-0.2, 0) is 0 Å². The third-order valence-electron chi connectivity index (χ3n) is 3.57. The van der Waals surface area contributed by atoms with Crippen LogP contribution in [0.3, 0.4) is 0 Å². The number of ether oxygens (including phenoxy) is 1. The molecule has 4 aromatic rings. The van der Waals surface area contributed by atoms with Crippen LogP contribution in [0.1, 0.15) is 9.67 Å². The molecule has 4 rings (SSSR count). The molecule has 2 heterocycles. The van der Waals surface area contributed by atoms with E-state index in [0.717, 1.165) is 16.6 Å². The molecule has 0 aliphatic carbocycles. The molecule has 6 heteroatoms. The standard InChI is InChI=1S/C19H13N3O2S/c23-19(17-9-4-10-25-17)24-14-6-3-5-13(11-14)22-18-15-7-1-2-8-16(15)20-12-21-18/h1-12H,(H,20,21,22). The number of nitrogens with zero attached hydrogens (tertiary/aromatic N) is 2. The predicted molar refractivity (Wildman–Crippen MR) is 98.5 cm³/mol. The van der Waals surface area contributed by atoms with E-state index >= 15 is 0 Å². The van der Waals surface area contributed by atoms with Crippen molar-refractivity contribution in [3.05, 3.63) is 77.2 Å². The number of hydrogen-bond acceptors (Lipinski definition) is 6. The first-order valence-corrected chi connectivity index (χ1v) is 8.50. The van der Waals surface area contributed by atoms with Gasteiger partial charge in [-0.25, -0.2) is 14.8 Å². The Morgan fingerprint density at radius 2 is 1.92 bits per heavy atom. The maximum absolute atomic E-state index is 12.1. The van der Waals surface area contributed by atoms with Crippen LogP contribution in [0.25, 0.3) is 10.9 Å². The fraction of sp³-hybridized carbons (Fsp3) is 0. The largest absolute Gasteiger partial charge is 0.422 e. The summed E-state index contributed by atoms with van der Waals surface area (Å²) in [5.41, 5.74) is 1.64. The number of anilines is 2. The molecular formula is C19H13N3O2S. The second-order valence-electron chi connectivity index (χ2n) is 5.26. The van der Waals surface area contributed by atoms with E-state index in [1.807, 2.05) is 47.8 Å². The molecule has 0 atom stereocenters. The summed E-state index contributed by atoms with van der Waals surface area (Å²) in [6, 6.07) is 18.5. The Morgan fingerprint density at radius 1 is 1.00 bits per heavy atom. The highest BCUT2D eigenvalue weighted by molar-refractivity contribution is 7.12. The van der Waals surface area contributed by atoms with Crippen molar-refractivity contribution in [3.8, 4) is 5.75 Å². The molecule has 1 N–H and O–H groups in total. The van der Waals surface area contributed by atoms with Crippen molar-refractivity contribution in [3.63, 3.8) is 0 Å². The minimum atomic E-state index is -0.361. The molecule has 0 amide bonds. The average Bonchev–Trinajstić information content (AvgIpc) is 3.17. The number of para-hydroxylation sites is 1. The minimum absolute atomic E-state index is 0.361. The Labute approximate surface area is 147 Å². The van der Waals surface area contributed by atoms with Gasteiger partial charge < -0.3 is 10.1 Å². The topological polar surface area (TPSA) is 64.1 Å². The number of carbonyl (C=O) groups excluding carboxylic acids is 1. The second kappa shape index (κ2) is 6.70. The van der Waals surface area contributed by atoms with E-state index in [4.69, 9.17) is 4.74 Å². The SMILES string of the molecule is O=C(Oc1cccc(Nc2ncnc3ccccc23)c1)c1cccs1. The van der Waals surface area contributed by atoms with E-state index in [0.29, 0.717) is 16.4 Å². The molecule has 0 bridgehead atoms. The van der Waals surface area contributed by atoms with E-state index in [9.17, 15) is 4.79 Å². The number of esters is 1. The van der Waals surface area contributed by atoms with Gasteiger partial charge in [0.1, 0.15) is 22.8 Å². The van der Waals surface area contributed by atoms with Crippen LogP contribution in [0.4, 0.5) is 11.5 Å². The van der Waals surface area contributed by atoms with Gasteiger partial charge >= 0.3 is 5.97 Å². The third-order valence-corrected chi connectivity index (χ3v) is 4.42. The van der Waals surface area contributed by atoms with Gasteiger partial charge in [0.2, 0.25) is 0 Å². The number of fused-ring (bicyclic) bond motifs is 1. The molecular weight excluding hydrogens is 334 g/mol. The first-order valence-electron chi connectivity index (χ1n) is 7.62. The minimum Gasteiger partial charge on any atom is -0.422 e. The van der Waals surface area contributed by atoms with Crippen LogP contribution in [0.5, 0.6) is 5.75 Å². The fourth-order valence-corrected chi connectivity index (χ4v) is 3.03. The number of carbonyl (C=O) groups is 1. The van der Waals surface area contributed by atoms with Crippen molar-refractivity contribution < 1.29 is 9.53 Å². The summed E-state index contributed by atoms with van der Waals surface area (Å²) in [5.74, 6) is 0.814. The molecule has 0 aliphatic heterocycles. The number of hydrogen-bond donors (Lipinski definition) is 1. The van der Waals surface area contributed by atoms with Gasteiger partial charge in [0.25, 0.3) is 0 Å². The summed E-state index contributed by atoms with van der Waals surface area (Å²) in [7, 11) is 0. The maximum atomic E-state index is 12.1. The fourth-order valence-electron chi connectivity index (χ4n) is 2.43. The molecule has 25 heavy (non-hydrogen) atoms. The molecule has 0 spiro atoms. The van der Waals surface area contributed by atoms with E-state index in [1.165, 1.54) is 17.7 Å². The summed E-state index contributed by atoms with van der Waals surface area (Å²) in [6.07, 6.45) is 1.52. The Morgan fingerprint density at radius 3 is 2.80 bits per heavy atom. The first kappa shape index (κ1) is 15.3. The van der Waals surface area contributed by atoms with Gasteiger partial charge in [-0.3, -0.25) is 0 Å². The number of nitrogens with one attached hydrogen (secondary N) is 1. The number of benzene rings is 2. The predicted octanol–water partition coefficient (Wildman–Crippen LogP) is 4.65. The summed E-state index contributed by atoms with van der Waals surface area (Å²) < 4.78 is 5.42. The van der Waals surface area contributed by atoms with Crippen molar-refractivity contribution >= 4 is 39.7 Å². The zero-order valence-electron chi connectivity index (χ0n) is 13.0. The number of thiophene rings is 1. The second-order valence-corrected chi connectivity index (χ2v) is 6.21. The lowest BCUT2D eigenvalue weighted by atomic mass is 10.2. The lowest BCUT2D eigenvalue weighted by Gasteiger charge is -2.09. The molecule has 2 aromatic heterocycles. The van der Waals surface area contributed by atoms with Gasteiger partial charge in [-0.2, -0.15) is 0 Å². The Bertz CT molecular complexity index is 1030. The summed E-state index contributed by atoms with van der Waals surface area (Å²) >= 11 is 1.35. The van der Waals surface area contributed by atoms with Gasteiger partial charge in [0, 0.05) is 17.1 Å². The van der Waals surface area contributed by atoms with Crippen molar-refractivity contribution in [2.45, 2.75) is 0 Å². The highest BCUT2D eigenvalue weighted by Crippen LogP contribution is 2.25. The normalized spacial score (nSPS) is 10.6. The van der Waals surface area contributed by atoms with Crippen LogP contribution >= 0.6 is 11.3 Å². The first-order chi connectivity index (χ1) is 12.3. The van der Waals surface area contributed by atoms with Crippen LogP contribution in [0.2, 0.25) is 0 Å². The smallest absolute Gasteiger partial charge is 0.353 e. The molecule has 0 radical (unpaired) electrons. The zero-order valence-corrected chi connectivity index (χ0v) is 13.9. The van der Waals surface area contributed by atoms with E-state index < -0.39 is 0 Å². The molecule has 0 saturated heterocycles. The summed E-state index contributed by atoms with van der Waals surface area (Å²) in [6.45, 7) is 0. The van der Waals surface area contributed by atoms with Crippen LogP contribution in [0, 0.1) is 0 Å². The molecule has 122 valence electrons. The van der Waals surface area contributed by atoms with E-state index in [-0.39, 0.29) is 5.97 Å². The molecule has 2 aromatic carbocycles. The van der Waals surface area contributed by atoms with Crippen LogP contribution in [-0.4, -0.2) is 15.9 Å². The van der Waals surface area contributed by atoms with Gasteiger partial charge in [0.05, 0.1) is 5.52 Å². The number of aromatic nitrogens is 2. The van der Waals surface area contributed by atoms with Crippen LogP contribution < -0.4 is 10.1 Å². The van der Waals surface area contributed by atoms with Crippen molar-refractivity contribution in [1.82, 2.24) is 9.97 Å². The zero-order chi connectivity index (χ0) is 17.1.